The minimum atomic E-state index is -3.72. The average Bonchev–Trinajstić information content (AvgIpc) is 2.82. The van der Waals surface area contributed by atoms with Crippen LogP contribution in [0.3, 0.4) is 0 Å². The fraction of sp³-hybridized carbons (Fsp3) is 0.481. The molecular formula is C27H39N3O4S. The number of carbonyl (C=O) groups excluding carboxylic acids is 2. The first-order chi connectivity index (χ1) is 16.5. The van der Waals surface area contributed by atoms with E-state index in [9.17, 15) is 18.0 Å². The molecule has 35 heavy (non-hydrogen) atoms. The monoisotopic (exact) mass is 501 g/mol. The van der Waals surface area contributed by atoms with Crippen LogP contribution in [0.4, 0.5) is 5.69 Å². The van der Waals surface area contributed by atoms with Crippen LogP contribution in [0.1, 0.15) is 57.6 Å². The molecule has 8 heteroatoms. The Labute approximate surface area is 210 Å². The maximum absolute atomic E-state index is 13.5. The summed E-state index contributed by atoms with van der Waals surface area (Å²) in [7, 11) is -3.72. The molecule has 0 aliphatic carbocycles. The molecule has 7 nitrogen and oxygen atoms in total. The summed E-state index contributed by atoms with van der Waals surface area (Å²) in [5.41, 5.74) is 2.54. The number of amides is 2. The molecule has 0 saturated carbocycles. The molecule has 0 unspecified atom stereocenters. The number of nitrogens with zero attached hydrogens (tertiary/aromatic N) is 2. The van der Waals surface area contributed by atoms with Crippen molar-refractivity contribution in [3.8, 4) is 0 Å². The molecule has 0 aromatic heterocycles. The number of benzene rings is 2. The van der Waals surface area contributed by atoms with Crippen LogP contribution in [-0.4, -0.2) is 57.1 Å². The van der Waals surface area contributed by atoms with Gasteiger partial charge in [-0.1, -0.05) is 69.7 Å². The van der Waals surface area contributed by atoms with Gasteiger partial charge in [-0.05, 0) is 48.9 Å². The minimum absolute atomic E-state index is 0.243. The van der Waals surface area contributed by atoms with Crippen molar-refractivity contribution in [3.05, 3.63) is 65.7 Å². The lowest BCUT2D eigenvalue weighted by molar-refractivity contribution is -0.138. The fourth-order valence-corrected chi connectivity index (χ4v) is 4.59. The second-order valence-electron chi connectivity index (χ2n) is 9.16. The van der Waals surface area contributed by atoms with Crippen molar-refractivity contribution in [2.45, 2.75) is 58.9 Å². The third-order valence-electron chi connectivity index (χ3n) is 6.01. The lowest BCUT2D eigenvalue weighted by atomic mass is 10.0. The molecule has 2 amide bonds. The third kappa shape index (κ3) is 8.69. The van der Waals surface area contributed by atoms with E-state index in [0.717, 1.165) is 34.5 Å². The second-order valence-corrected chi connectivity index (χ2v) is 11.1. The largest absolute Gasteiger partial charge is 0.354 e. The summed E-state index contributed by atoms with van der Waals surface area (Å²) >= 11 is 0. The maximum Gasteiger partial charge on any atom is 0.244 e. The first-order valence-electron chi connectivity index (χ1n) is 12.2. The summed E-state index contributed by atoms with van der Waals surface area (Å²) in [6.45, 7) is 8.31. The van der Waals surface area contributed by atoms with Crippen LogP contribution in [0.5, 0.6) is 0 Å². The van der Waals surface area contributed by atoms with E-state index >= 15 is 0 Å². The van der Waals surface area contributed by atoms with E-state index in [4.69, 9.17) is 0 Å². The number of hydrogen-bond acceptors (Lipinski definition) is 4. The van der Waals surface area contributed by atoms with E-state index < -0.39 is 22.0 Å². The van der Waals surface area contributed by atoms with Crippen molar-refractivity contribution in [2.75, 3.05) is 30.2 Å². The van der Waals surface area contributed by atoms with Gasteiger partial charge >= 0.3 is 0 Å². The fourth-order valence-electron chi connectivity index (χ4n) is 3.75. The summed E-state index contributed by atoms with van der Waals surface area (Å²) in [6.07, 6.45) is 3.45. The summed E-state index contributed by atoms with van der Waals surface area (Å²) < 4.78 is 26.4. The van der Waals surface area contributed by atoms with Crippen molar-refractivity contribution in [1.29, 1.82) is 0 Å². The standard InChI is InChI=1S/C27H39N3O4S/c1-6-7-18-28-27(32)22(4)29(19-17-23-11-9-8-10-12-23)26(31)20-30(35(5,33)34)25-15-13-24(14-16-25)21(2)3/h8-16,21-22H,6-7,17-20H2,1-5H3,(H,28,32)/t22-/m0/s1. The van der Waals surface area contributed by atoms with Crippen molar-refractivity contribution < 1.29 is 18.0 Å². The zero-order valence-corrected chi connectivity index (χ0v) is 22.3. The number of carbonyl (C=O) groups is 2. The summed E-state index contributed by atoms with van der Waals surface area (Å²) in [5, 5.41) is 2.88. The number of sulfonamides is 1. The number of unbranched alkanes of at least 4 members (excludes halogenated alkanes) is 1. The van der Waals surface area contributed by atoms with Crippen molar-refractivity contribution in [2.24, 2.45) is 0 Å². The lowest BCUT2D eigenvalue weighted by Crippen LogP contribution is -2.52. The van der Waals surface area contributed by atoms with Gasteiger partial charge in [0.15, 0.2) is 0 Å². The first-order valence-corrected chi connectivity index (χ1v) is 14.1. The average molecular weight is 502 g/mol. The number of nitrogens with one attached hydrogen (secondary N) is 1. The van der Waals surface area contributed by atoms with Crippen molar-refractivity contribution >= 4 is 27.5 Å². The summed E-state index contributed by atoms with van der Waals surface area (Å²) in [4.78, 5) is 27.8. The molecule has 2 rings (SSSR count). The van der Waals surface area contributed by atoms with E-state index in [1.807, 2.05) is 49.4 Å². The van der Waals surface area contributed by atoms with Crippen LogP contribution in [0.25, 0.3) is 0 Å². The van der Waals surface area contributed by atoms with Crippen LogP contribution in [0.2, 0.25) is 0 Å². The number of hydrogen-bond donors (Lipinski definition) is 1. The second kappa shape index (κ2) is 13.3. The molecule has 0 fully saturated rings. The highest BCUT2D eigenvalue weighted by molar-refractivity contribution is 7.92. The predicted molar refractivity (Wildman–Crippen MR) is 142 cm³/mol. The van der Waals surface area contributed by atoms with Crippen LogP contribution in [0.15, 0.2) is 54.6 Å². The van der Waals surface area contributed by atoms with E-state index in [0.29, 0.717) is 31.1 Å². The zero-order chi connectivity index (χ0) is 26.0. The van der Waals surface area contributed by atoms with Gasteiger partial charge in [0.2, 0.25) is 21.8 Å². The molecule has 1 N–H and O–H groups in total. The summed E-state index contributed by atoms with van der Waals surface area (Å²) in [6, 6.07) is 16.2. The Bertz CT molecular complexity index is 1050. The van der Waals surface area contributed by atoms with E-state index in [1.165, 1.54) is 4.90 Å². The van der Waals surface area contributed by atoms with Gasteiger partial charge in [-0.15, -0.1) is 0 Å². The Hall–Kier alpha value is -2.87. The Morgan fingerprint density at radius 2 is 1.60 bits per heavy atom. The number of rotatable bonds is 13. The third-order valence-corrected chi connectivity index (χ3v) is 7.15. The Balaban J connectivity index is 2.27. The molecule has 2 aromatic carbocycles. The smallest absolute Gasteiger partial charge is 0.244 e. The normalized spacial score (nSPS) is 12.3. The molecule has 0 radical (unpaired) electrons. The molecule has 0 aliphatic heterocycles. The van der Waals surface area contributed by atoms with E-state index in [1.54, 1.807) is 19.1 Å². The van der Waals surface area contributed by atoms with E-state index in [-0.39, 0.29) is 12.5 Å². The van der Waals surface area contributed by atoms with Crippen LogP contribution >= 0.6 is 0 Å². The molecule has 2 aromatic rings. The molecule has 1 atom stereocenters. The molecule has 0 heterocycles. The SMILES string of the molecule is CCCCNC(=O)[C@H](C)N(CCc1ccccc1)C(=O)CN(c1ccc(C(C)C)cc1)S(C)(=O)=O. The highest BCUT2D eigenvalue weighted by atomic mass is 32.2. The topological polar surface area (TPSA) is 86.8 Å². The molecule has 192 valence electrons. The quantitative estimate of drug-likeness (QED) is 0.421. The highest BCUT2D eigenvalue weighted by Crippen LogP contribution is 2.22. The van der Waals surface area contributed by atoms with Gasteiger partial charge in [0.05, 0.1) is 11.9 Å². The Morgan fingerprint density at radius 1 is 0.971 bits per heavy atom. The van der Waals surface area contributed by atoms with Crippen LogP contribution < -0.4 is 9.62 Å². The van der Waals surface area contributed by atoms with Gasteiger partial charge in [0.1, 0.15) is 12.6 Å². The van der Waals surface area contributed by atoms with Gasteiger partial charge in [-0.25, -0.2) is 8.42 Å². The molecule has 0 bridgehead atoms. The van der Waals surface area contributed by atoms with Crippen LogP contribution in [0, 0.1) is 0 Å². The van der Waals surface area contributed by atoms with Crippen molar-refractivity contribution in [3.63, 3.8) is 0 Å². The van der Waals surface area contributed by atoms with Crippen LogP contribution in [-0.2, 0) is 26.0 Å². The number of anilines is 1. The minimum Gasteiger partial charge on any atom is -0.354 e. The molecule has 0 aliphatic rings. The van der Waals surface area contributed by atoms with Gasteiger partial charge in [-0.2, -0.15) is 0 Å². The van der Waals surface area contributed by atoms with E-state index in [2.05, 4.69) is 19.2 Å². The lowest BCUT2D eigenvalue weighted by Gasteiger charge is -2.31. The highest BCUT2D eigenvalue weighted by Gasteiger charge is 2.29. The Kier molecular flexibility index (Phi) is 10.8. The molecular weight excluding hydrogens is 462 g/mol. The first kappa shape index (κ1) is 28.4. The predicted octanol–water partition coefficient (Wildman–Crippen LogP) is 3.95. The maximum atomic E-state index is 13.5. The Morgan fingerprint density at radius 3 is 2.14 bits per heavy atom. The van der Waals surface area contributed by atoms with Gasteiger partial charge in [0.25, 0.3) is 0 Å². The van der Waals surface area contributed by atoms with Gasteiger partial charge in [-0.3, -0.25) is 13.9 Å². The molecule has 0 saturated heterocycles. The zero-order valence-electron chi connectivity index (χ0n) is 21.5. The van der Waals surface area contributed by atoms with Gasteiger partial charge < -0.3 is 10.2 Å². The van der Waals surface area contributed by atoms with Crippen molar-refractivity contribution in [1.82, 2.24) is 10.2 Å². The summed E-state index contributed by atoms with van der Waals surface area (Å²) in [5.74, 6) is -0.359. The van der Waals surface area contributed by atoms with Gasteiger partial charge in [0, 0.05) is 13.1 Å². The molecule has 0 spiro atoms.